The van der Waals surface area contributed by atoms with Gasteiger partial charge in [0.15, 0.2) is 6.61 Å². The Bertz CT molecular complexity index is 1060. The van der Waals surface area contributed by atoms with Crippen molar-refractivity contribution in [2.75, 3.05) is 25.0 Å². The van der Waals surface area contributed by atoms with Crippen molar-refractivity contribution in [2.45, 2.75) is 51.8 Å². The van der Waals surface area contributed by atoms with Gasteiger partial charge in [-0.1, -0.05) is 12.1 Å². The number of piperidine rings is 1. The summed E-state index contributed by atoms with van der Waals surface area (Å²) in [6, 6.07) is 14.7. The molecule has 0 amide bonds. The number of likely N-dealkylation sites (tertiary alicyclic amines) is 1. The number of aromatic amines is 1. The lowest BCUT2D eigenvalue weighted by molar-refractivity contribution is -0.157. The molecular formula is C25H32N4O3. The molecule has 0 aliphatic carbocycles. The number of esters is 1. The lowest BCUT2D eigenvalue weighted by Gasteiger charge is -2.33. The van der Waals surface area contributed by atoms with Gasteiger partial charge in [-0.2, -0.15) is 5.10 Å². The smallest absolute Gasteiger partial charge is 0.344 e. The van der Waals surface area contributed by atoms with Crippen LogP contribution in [-0.2, 0) is 16.1 Å². The van der Waals surface area contributed by atoms with Crippen LogP contribution in [0.25, 0.3) is 10.9 Å². The maximum Gasteiger partial charge on any atom is 0.344 e. The standard InChI is InChI=1S/C25H32N4O3/c1-25(2,3)32-24(30)17-31-22-8-4-6-18(12-22)15-29-11-5-7-21(16-29)27-20-9-10-23-19(13-20)14-26-28-23/h4,6,8-10,12-14,21,27H,5,7,11,15-17H2,1-3H3,(H,26,28)/t21-/m0/s1. The predicted octanol–water partition coefficient (Wildman–Crippen LogP) is 4.36. The van der Waals surface area contributed by atoms with E-state index in [1.165, 1.54) is 5.56 Å². The van der Waals surface area contributed by atoms with Gasteiger partial charge in [0.05, 0.1) is 11.7 Å². The van der Waals surface area contributed by atoms with Crippen LogP contribution in [0.15, 0.2) is 48.7 Å². The minimum atomic E-state index is -0.509. The molecule has 0 bridgehead atoms. The predicted molar refractivity (Wildman–Crippen MR) is 126 cm³/mol. The van der Waals surface area contributed by atoms with Gasteiger partial charge in [0.1, 0.15) is 11.4 Å². The Morgan fingerprint density at radius 1 is 1.25 bits per heavy atom. The number of hydrogen-bond donors (Lipinski definition) is 2. The molecule has 1 atom stereocenters. The zero-order valence-electron chi connectivity index (χ0n) is 19.1. The van der Waals surface area contributed by atoms with Crippen LogP contribution in [0.5, 0.6) is 5.75 Å². The number of fused-ring (bicyclic) bond motifs is 1. The van der Waals surface area contributed by atoms with Gasteiger partial charge in [-0.25, -0.2) is 4.79 Å². The maximum absolute atomic E-state index is 11.9. The highest BCUT2D eigenvalue weighted by molar-refractivity contribution is 5.81. The first-order chi connectivity index (χ1) is 15.3. The van der Waals surface area contributed by atoms with Gasteiger partial charge >= 0.3 is 5.97 Å². The van der Waals surface area contributed by atoms with Gasteiger partial charge in [0.25, 0.3) is 0 Å². The number of ether oxygens (including phenoxy) is 2. The van der Waals surface area contributed by atoms with Crippen LogP contribution in [0, 0.1) is 0 Å². The van der Waals surface area contributed by atoms with E-state index in [-0.39, 0.29) is 12.6 Å². The number of carbonyl (C=O) groups excluding carboxylic acids is 1. The van der Waals surface area contributed by atoms with E-state index in [0.29, 0.717) is 11.8 Å². The van der Waals surface area contributed by atoms with Crippen LogP contribution in [0.2, 0.25) is 0 Å². The molecule has 32 heavy (non-hydrogen) atoms. The molecule has 0 unspecified atom stereocenters. The first-order valence-corrected chi connectivity index (χ1v) is 11.2. The average Bonchev–Trinajstić information content (AvgIpc) is 3.20. The molecule has 4 rings (SSSR count). The highest BCUT2D eigenvalue weighted by atomic mass is 16.6. The Hall–Kier alpha value is -3.06. The van der Waals surface area contributed by atoms with E-state index in [9.17, 15) is 4.79 Å². The van der Waals surface area contributed by atoms with E-state index in [4.69, 9.17) is 9.47 Å². The second-order valence-corrected chi connectivity index (χ2v) is 9.41. The lowest BCUT2D eigenvalue weighted by Crippen LogP contribution is -2.41. The SMILES string of the molecule is CC(C)(C)OC(=O)COc1cccc(CN2CCC[C@H](Nc3ccc4[nH]ncc4c3)C2)c1. The summed E-state index contributed by atoms with van der Waals surface area (Å²) in [6.45, 7) is 8.36. The molecular weight excluding hydrogens is 404 g/mol. The van der Waals surface area contributed by atoms with Crippen molar-refractivity contribution in [2.24, 2.45) is 0 Å². The molecule has 1 aliphatic rings. The van der Waals surface area contributed by atoms with Crippen molar-refractivity contribution in [3.8, 4) is 5.75 Å². The summed E-state index contributed by atoms with van der Waals surface area (Å²) in [7, 11) is 0. The van der Waals surface area contributed by atoms with Gasteiger partial charge in [0.2, 0.25) is 0 Å². The fraction of sp³-hybridized carbons (Fsp3) is 0.440. The van der Waals surface area contributed by atoms with Crippen LogP contribution in [0.4, 0.5) is 5.69 Å². The molecule has 3 aromatic rings. The van der Waals surface area contributed by atoms with Gasteiger partial charge < -0.3 is 14.8 Å². The quantitative estimate of drug-likeness (QED) is 0.536. The van der Waals surface area contributed by atoms with E-state index in [0.717, 1.165) is 49.1 Å². The van der Waals surface area contributed by atoms with Crippen molar-refractivity contribution >= 4 is 22.6 Å². The summed E-state index contributed by atoms with van der Waals surface area (Å²) in [5.74, 6) is 0.329. The van der Waals surface area contributed by atoms with Crippen LogP contribution in [0.1, 0.15) is 39.2 Å². The molecule has 0 saturated carbocycles. The fourth-order valence-corrected chi connectivity index (χ4v) is 4.09. The number of anilines is 1. The third-order valence-electron chi connectivity index (χ3n) is 5.40. The van der Waals surface area contributed by atoms with Crippen molar-refractivity contribution < 1.29 is 14.3 Å². The van der Waals surface area contributed by atoms with Gasteiger partial charge in [-0.15, -0.1) is 0 Å². The minimum absolute atomic E-state index is 0.0859. The highest BCUT2D eigenvalue weighted by Crippen LogP contribution is 2.22. The number of benzene rings is 2. The molecule has 1 saturated heterocycles. The van der Waals surface area contributed by atoms with Crippen molar-refractivity contribution in [1.82, 2.24) is 15.1 Å². The Labute approximate surface area is 189 Å². The first-order valence-electron chi connectivity index (χ1n) is 11.2. The third-order valence-corrected chi connectivity index (χ3v) is 5.40. The number of nitrogens with one attached hydrogen (secondary N) is 2. The molecule has 2 aromatic carbocycles. The molecule has 1 fully saturated rings. The number of hydrogen-bond acceptors (Lipinski definition) is 6. The number of nitrogens with zero attached hydrogens (tertiary/aromatic N) is 2. The first kappa shape index (κ1) is 22.1. The van der Waals surface area contributed by atoms with E-state index in [1.54, 1.807) is 0 Å². The van der Waals surface area contributed by atoms with Crippen molar-refractivity contribution in [1.29, 1.82) is 0 Å². The van der Waals surface area contributed by atoms with E-state index in [2.05, 4.69) is 44.7 Å². The zero-order chi connectivity index (χ0) is 22.6. The normalized spacial score (nSPS) is 17.3. The highest BCUT2D eigenvalue weighted by Gasteiger charge is 2.20. The van der Waals surface area contributed by atoms with Crippen molar-refractivity contribution in [3.63, 3.8) is 0 Å². The van der Waals surface area contributed by atoms with E-state index >= 15 is 0 Å². The molecule has 170 valence electrons. The summed E-state index contributed by atoms with van der Waals surface area (Å²) in [5, 5.41) is 11.9. The van der Waals surface area contributed by atoms with Crippen LogP contribution >= 0.6 is 0 Å². The Kier molecular flexibility index (Phi) is 6.65. The number of carbonyl (C=O) groups is 1. The van der Waals surface area contributed by atoms with Gasteiger partial charge in [-0.3, -0.25) is 10.00 Å². The van der Waals surface area contributed by atoms with Crippen LogP contribution in [0.3, 0.4) is 0 Å². The molecule has 2 heterocycles. The summed E-state index contributed by atoms with van der Waals surface area (Å²) in [4.78, 5) is 14.4. The van der Waals surface area contributed by atoms with Crippen LogP contribution < -0.4 is 10.1 Å². The molecule has 7 nitrogen and oxygen atoms in total. The molecule has 1 aliphatic heterocycles. The number of aromatic nitrogens is 2. The zero-order valence-corrected chi connectivity index (χ0v) is 19.1. The largest absolute Gasteiger partial charge is 0.482 e. The summed E-state index contributed by atoms with van der Waals surface area (Å²) in [5.41, 5.74) is 2.84. The second kappa shape index (κ2) is 9.61. The number of H-pyrrole nitrogens is 1. The second-order valence-electron chi connectivity index (χ2n) is 9.41. The Balaban J connectivity index is 1.30. The molecule has 0 spiro atoms. The average molecular weight is 437 g/mol. The summed E-state index contributed by atoms with van der Waals surface area (Å²) in [6.07, 6.45) is 4.16. The lowest BCUT2D eigenvalue weighted by atomic mass is 10.0. The monoisotopic (exact) mass is 436 g/mol. The Morgan fingerprint density at radius 3 is 2.97 bits per heavy atom. The van der Waals surface area contributed by atoms with E-state index in [1.807, 2.05) is 45.2 Å². The van der Waals surface area contributed by atoms with Gasteiger partial charge in [-0.05, 0) is 76.1 Å². The summed E-state index contributed by atoms with van der Waals surface area (Å²) >= 11 is 0. The Morgan fingerprint density at radius 2 is 2.12 bits per heavy atom. The molecule has 7 heteroatoms. The molecule has 2 N–H and O–H groups in total. The van der Waals surface area contributed by atoms with E-state index < -0.39 is 5.60 Å². The maximum atomic E-state index is 11.9. The molecule has 1 aromatic heterocycles. The van der Waals surface area contributed by atoms with Gasteiger partial charge in [0, 0.05) is 30.2 Å². The fourth-order valence-electron chi connectivity index (χ4n) is 4.09. The summed E-state index contributed by atoms with van der Waals surface area (Å²) < 4.78 is 11.0. The molecule has 0 radical (unpaired) electrons. The van der Waals surface area contributed by atoms with Crippen molar-refractivity contribution in [3.05, 3.63) is 54.2 Å². The minimum Gasteiger partial charge on any atom is -0.482 e. The topological polar surface area (TPSA) is 79.5 Å². The number of rotatable bonds is 7. The van der Waals surface area contributed by atoms with Crippen LogP contribution in [-0.4, -0.2) is 52.4 Å². The third kappa shape index (κ3) is 6.23.